The molecule has 0 saturated heterocycles. The highest BCUT2D eigenvalue weighted by Gasteiger charge is 2.22. The quantitative estimate of drug-likeness (QED) is 0.360. The lowest BCUT2D eigenvalue weighted by Gasteiger charge is -2.22. The Morgan fingerprint density at radius 2 is 1.87 bits per heavy atom. The fraction of sp³-hybridized carbons (Fsp3) is 0.364. The maximum atomic E-state index is 13.5. The first-order valence-corrected chi connectivity index (χ1v) is 12.5. The van der Waals surface area contributed by atoms with E-state index in [-0.39, 0.29) is 18.3 Å². The van der Waals surface area contributed by atoms with Crippen LogP contribution in [0.2, 0.25) is 0 Å². The molecule has 0 aliphatic carbocycles. The predicted molar refractivity (Wildman–Crippen MR) is 136 cm³/mol. The van der Waals surface area contributed by atoms with E-state index in [1.807, 2.05) is 37.2 Å². The average molecular weight is 482 g/mol. The number of halogens is 1. The minimum Gasteiger partial charge on any atom is -0.308 e. The molecule has 0 aliphatic rings. The maximum Gasteiger partial charge on any atom is 0.260 e. The van der Waals surface area contributed by atoms with E-state index in [1.54, 1.807) is 34.9 Å². The molecule has 0 fully saturated rings. The van der Waals surface area contributed by atoms with Gasteiger partial charge in [-0.3, -0.25) is 9.69 Å². The molecule has 1 aromatic heterocycles. The molecular formula is C22H28ClN3OS3. The molecule has 1 heterocycles. The third-order valence-corrected chi connectivity index (χ3v) is 7.10. The predicted octanol–water partition coefficient (Wildman–Crippen LogP) is 6.15. The standard InChI is InChI=1S/C22H27N3OS3.ClH/c1-15(2)28-17-9-6-8-16(14-17)21(26)25(13-12-24(3)4)22-23-20-18(27-5)10-7-11-19(20)29-22;/h6-11,14-15H,12-13H2,1-5H3;1H. The Morgan fingerprint density at radius 3 is 2.53 bits per heavy atom. The van der Waals surface area contributed by atoms with Gasteiger partial charge >= 0.3 is 0 Å². The number of thioether (sulfide) groups is 2. The summed E-state index contributed by atoms with van der Waals surface area (Å²) in [5.74, 6) is 0.00261. The zero-order valence-corrected chi connectivity index (χ0v) is 21.2. The molecule has 0 bridgehead atoms. The Labute approximate surface area is 197 Å². The second-order valence-corrected chi connectivity index (χ2v) is 10.8. The maximum absolute atomic E-state index is 13.5. The number of hydrogen-bond acceptors (Lipinski definition) is 6. The Bertz CT molecular complexity index is 991. The van der Waals surface area contributed by atoms with Crippen LogP contribution >= 0.6 is 47.3 Å². The molecule has 30 heavy (non-hydrogen) atoms. The van der Waals surface area contributed by atoms with E-state index in [0.29, 0.717) is 17.4 Å². The van der Waals surface area contributed by atoms with Crippen molar-refractivity contribution in [2.75, 3.05) is 38.3 Å². The van der Waals surface area contributed by atoms with E-state index in [1.165, 1.54) is 0 Å². The van der Waals surface area contributed by atoms with E-state index in [0.717, 1.165) is 31.7 Å². The van der Waals surface area contributed by atoms with Gasteiger partial charge in [0.15, 0.2) is 5.13 Å². The van der Waals surface area contributed by atoms with Gasteiger partial charge in [0.1, 0.15) is 0 Å². The Hall–Kier alpha value is -1.25. The lowest BCUT2D eigenvalue weighted by atomic mass is 10.2. The van der Waals surface area contributed by atoms with Crippen molar-refractivity contribution in [3.8, 4) is 0 Å². The number of carbonyl (C=O) groups is 1. The summed E-state index contributed by atoms with van der Waals surface area (Å²) in [7, 11) is 4.04. The van der Waals surface area contributed by atoms with Gasteiger partial charge in [-0.25, -0.2) is 4.98 Å². The molecule has 0 N–H and O–H groups in total. The second kappa shape index (κ2) is 11.4. The van der Waals surface area contributed by atoms with Gasteiger partial charge in [0, 0.05) is 33.7 Å². The van der Waals surface area contributed by atoms with Gasteiger partial charge < -0.3 is 4.90 Å². The molecule has 4 nitrogen and oxygen atoms in total. The zero-order chi connectivity index (χ0) is 21.0. The van der Waals surface area contributed by atoms with Crippen LogP contribution in [-0.4, -0.2) is 54.5 Å². The van der Waals surface area contributed by atoms with Gasteiger partial charge in [0.05, 0.1) is 10.2 Å². The molecule has 0 radical (unpaired) electrons. The molecule has 8 heteroatoms. The van der Waals surface area contributed by atoms with E-state index in [4.69, 9.17) is 4.98 Å². The second-order valence-electron chi connectivity index (χ2n) is 7.26. The fourth-order valence-corrected chi connectivity index (χ4v) is 5.45. The summed E-state index contributed by atoms with van der Waals surface area (Å²) in [4.78, 5) is 24.5. The number of anilines is 1. The molecule has 3 rings (SSSR count). The highest BCUT2D eigenvalue weighted by molar-refractivity contribution is 8.00. The zero-order valence-electron chi connectivity index (χ0n) is 17.9. The first-order valence-electron chi connectivity index (χ1n) is 9.56. The SMILES string of the molecule is CSc1cccc2sc(N(CCN(C)C)C(=O)c3cccc(SC(C)C)c3)nc12.Cl. The summed E-state index contributed by atoms with van der Waals surface area (Å²) in [5, 5.41) is 1.23. The van der Waals surface area contributed by atoms with E-state index >= 15 is 0 Å². The van der Waals surface area contributed by atoms with Crippen LogP contribution in [0, 0.1) is 0 Å². The number of thiazole rings is 1. The summed E-state index contributed by atoms with van der Waals surface area (Å²) in [6.45, 7) is 5.69. The topological polar surface area (TPSA) is 36.4 Å². The Kier molecular flexibility index (Phi) is 9.50. The van der Waals surface area contributed by atoms with Crippen molar-refractivity contribution in [2.24, 2.45) is 0 Å². The van der Waals surface area contributed by atoms with E-state index < -0.39 is 0 Å². The smallest absolute Gasteiger partial charge is 0.260 e. The van der Waals surface area contributed by atoms with Crippen LogP contribution in [-0.2, 0) is 0 Å². The van der Waals surface area contributed by atoms with Crippen molar-refractivity contribution in [2.45, 2.75) is 28.9 Å². The van der Waals surface area contributed by atoms with Crippen molar-refractivity contribution >= 4 is 68.5 Å². The van der Waals surface area contributed by atoms with E-state index in [2.05, 4.69) is 49.3 Å². The van der Waals surface area contributed by atoms with Gasteiger partial charge in [0.2, 0.25) is 0 Å². The monoisotopic (exact) mass is 481 g/mol. The molecule has 0 unspecified atom stereocenters. The molecule has 162 valence electrons. The molecule has 0 atom stereocenters. The number of para-hydroxylation sites is 1. The van der Waals surface area contributed by atoms with Crippen molar-refractivity contribution < 1.29 is 4.79 Å². The number of rotatable bonds is 8. The summed E-state index contributed by atoms with van der Waals surface area (Å²) in [6.07, 6.45) is 2.06. The van der Waals surface area contributed by atoms with Crippen LogP contribution in [0.3, 0.4) is 0 Å². The number of amides is 1. The lowest BCUT2D eigenvalue weighted by molar-refractivity contribution is 0.0985. The van der Waals surface area contributed by atoms with E-state index in [9.17, 15) is 4.79 Å². The molecular weight excluding hydrogens is 454 g/mol. The highest BCUT2D eigenvalue weighted by atomic mass is 35.5. The third kappa shape index (κ3) is 6.14. The minimum absolute atomic E-state index is 0. The van der Waals surface area contributed by atoms with Crippen molar-refractivity contribution in [3.63, 3.8) is 0 Å². The number of carbonyl (C=O) groups excluding carboxylic acids is 1. The first-order chi connectivity index (χ1) is 13.9. The highest BCUT2D eigenvalue weighted by Crippen LogP contribution is 2.35. The minimum atomic E-state index is 0. The van der Waals surface area contributed by atoms with Crippen LogP contribution in [0.1, 0.15) is 24.2 Å². The van der Waals surface area contributed by atoms with Crippen LogP contribution in [0.4, 0.5) is 5.13 Å². The third-order valence-electron chi connectivity index (χ3n) is 4.29. The molecule has 2 aromatic carbocycles. The number of benzene rings is 2. The summed E-state index contributed by atoms with van der Waals surface area (Å²) < 4.78 is 1.11. The first kappa shape index (κ1) is 25.0. The van der Waals surface area contributed by atoms with Crippen LogP contribution in [0.25, 0.3) is 10.2 Å². The van der Waals surface area contributed by atoms with Crippen LogP contribution in [0.15, 0.2) is 52.3 Å². The average Bonchev–Trinajstić information content (AvgIpc) is 3.11. The number of hydrogen-bond donors (Lipinski definition) is 0. The van der Waals surface area contributed by atoms with Crippen LogP contribution < -0.4 is 4.90 Å². The molecule has 1 amide bonds. The van der Waals surface area contributed by atoms with Gasteiger partial charge in [0.25, 0.3) is 5.91 Å². The Morgan fingerprint density at radius 1 is 1.13 bits per heavy atom. The molecule has 0 spiro atoms. The lowest BCUT2D eigenvalue weighted by Crippen LogP contribution is -2.36. The van der Waals surface area contributed by atoms with Crippen molar-refractivity contribution in [1.82, 2.24) is 9.88 Å². The number of likely N-dealkylation sites (N-methyl/N-ethyl adjacent to an activating group) is 1. The van der Waals surface area contributed by atoms with Crippen molar-refractivity contribution in [1.29, 1.82) is 0 Å². The van der Waals surface area contributed by atoms with Gasteiger partial charge in [-0.15, -0.1) is 35.9 Å². The largest absolute Gasteiger partial charge is 0.308 e. The number of aromatic nitrogens is 1. The van der Waals surface area contributed by atoms with Crippen LogP contribution in [0.5, 0.6) is 0 Å². The number of fused-ring (bicyclic) bond motifs is 1. The normalized spacial score (nSPS) is 11.2. The molecule has 0 aliphatic heterocycles. The molecule has 3 aromatic rings. The Balaban J connectivity index is 0.00000320. The van der Waals surface area contributed by atoms with Crippen molar-refractivity contribution in [3.05, 3.63) is 48.0 Å². The summed E-state index contributed by atoms with van der Waals surface area (Å²) in [5.41, 5.74) is 1.69. The van der Waals surface area contributed by atoms with Gasteiger partial charge in [-0.1, -0.05) is 37.3 Å². The van der Waals surface area contributed by atoms with Gasteiger partial charge in [-0.05, 0) is 50.7 Å². The molecule has 0 saturated carbocycles. The fourth-order valence-electron chi connectivity index (χ4n) is 2.91. The number of nitrogens with zero attached hydrogens (tertiary/aromatic N) is 3. The van der Waals surface area contributed by atoms with Gasteiger partial charge in [-0.2, -0.15) is 0 Å². The summed E-state index contributed by atoms with van der Waals surface area (Å²) in [6, 6.07) is 14.1. The summed E-state index contributed by atoms with van der Waals surface area (Å²) >= 11 is 5.03.